The lowest BCUT2D eigenvalue weighted by atomic mass is 9.99. The summed E-state index contributed by atoms with van der Waals surface area (Å²) in [6, 6.07) is -0.476. The maximum Gasteiger partial charge on any atom is 0.354 e. The number of pyridine rings is 1. The van der Waals surface area contributed by atoms with Crippen molar-refractivity contribution in [2.24, 2.45) is 10.7 Å². The monoisotopic (exact) mass is 298 g/mol. The van der Waals surface area contributed by atoms with E-state index in [0.717, 1.165) is 0 Å². The average Bonchev–Trinajstić information content (AvgIpc) is 2.46. The Bertz CT molecular complexity index is 623. The molecule has 112 valence electrons. The van der Waals surface area contributed by atoms with E-state index in [4.69, 9.17) is 15.6 Å². The van der Waals surface area contributed by atoms with Crippen LogP contribution in [0.25, 0.3) is 0 Å². The zero-order valence-corrected chi connectivity index (χ0v) is 10.7. The number of hydrogen-bond acceptors (Lipinski definition) is 6. The number of rotatable bonds is 2. The highest BCUT2D eigenvalue weighted by Gasteiger charge is 2.41. The van der Waals surface area contributed by atoms with Crippen LogP contribution in [0.1, 0.15) is 22.1 Å². The van der Waals surface area contributed by atoms with Gasteiger partial charge in [0, 0.05) is 5.56 Å². The Labute approximate surface area is 118 Å². The van der Waals surface area contributed by atoms with E-state index in [9.17, 15) is 13.6 Å². The third-order valence-corrected chi connectivity index (χ3v) is 3.54. The van der Waals surface area contributed by atoms with Gasteiger partial charge < -0.3 is 20.5 Å². The number of aromatic nitrogens is 1. The van der Waals surface area contributed by atoms with Crippen LogP contribution in [0.15, 0.2) is 17.3 Å². The molecule has 1 aromatic heterocycles. The molecule has 2 atom stereocenters. The van der Waals surface area contributed by atoms with Crippen LogP contribution in [-0.4, -0.2) is 52.6 Å². The zero-order chi connectivity index (χ0) is 15.1. The van der Waals surface area contributed by atoms with Crippen LogP contribution in [0.3, 0.4) is 0 Å². The Balaban J connectivity index is 2.08. The van der Waals surface area contributed by atoms with Gasteiger partial charge in [-0.2, -0.15) is 0 Å². The summed E-state index contributed by atoms with van der Waals surface area (Å²) in [4.78, 5) is 20.1. The number of morpholine rings is 1. The maximum atomic E-state index is 13.1. The molecule has 1 aromatic rings. The largest absolute Gasteiger partial charge is 0.477 e. The number of nitrogens with two attached hydrogens (primary N) is 1. The lowest BCUT2D eigenvalue weighted by Crippen LogP contribution is -2.57. The van der Waals surface area contributed by atoms with Crippen molar-refractivity contribution in [3.63, 3.8) is 0 Å². The predicted molar refractivity (Wildman–Crippen MR) is 67.7 cm³/mol. The molecule has 0 aromatic carbocycles. The lowest BCUT2D eigenvalue weighted by Gasteiger charge is -2.44. The van der Waals surface area contributed by atoms with E-state index >= 15 is 0 Å². The van der Waals surface area contributed by atoms with Gasteiger partial charge in [0.15, 0.2) is 5.96 Å². The lowest BCUT2D eigenvalue weighted by molar-refractivity contribution is -0.0730. The van der Waals surface area contributed by atoms with Gasteiger partial charge in [-0.3, -0.25) is 0 Å². The number of alkyl halides is 2. The number of carboxylic acid groups (broad SMARTS) is 1. The molecule has 21 heavy (non-hydrogen) atoms. The molecule has 3 rings (SSSR count). The van der Waals surface area contributed by atoms with Gasteiger partial charge in [0.1, 0.15) is 11.7 Å². The summed E-state index contributed by atoms with van der Waals surface area (Å²) in [6.07, 6.45) is -1.38. The first kappa shape index (κ1) is 13.7. The van der Waals surface area contributed by atoms with Gasteiger partial charge in [-0.25, -0.2) is 23.6 Å². The number of fused-ring (bicyclic) bond motifs is 3. The van der Waals surface area contributed by atoms with E-state index in [1.807, 2.05) is 0 Å². The van der Waals surface area contributed by atoms with E-state index in [1.165, 1.54) is 17.2 Å². The van der Waals surface area contributed by atoms with Crippen molar-refractivity contribution in [2.45, 2.75) is 18.5 Å². The molecule has 0 amide bonds. The quantitative estimate of drug-likeness (QED) is 0.835. The first-order valence-electron chi connectivity index (χ1n) is 6.20. The van der Waals surface area contributed by atoms with Gasteiger partial charge >= 0.3 is 5.97 Å². The third kappa shape index (κ3) is 2.19. The number of carboxylic acids is 1. The van der Waals surface area contributed by atoms with E-state index in [1.54, 1.807) is 0 Å². The maximum absolute atomic E-state index is 13.1. The highest BCUT2D eigenvalue weighted by Crippen LogP contribution is 2.38. The summed E-state index contributed by atoms with van der Waals surface area (Å²) in [5.74, 6) is -1.24. The van der Waals surface area contributed by atoms with Crippen LogP contribution in [0.2, 0.25) is 0 Å². The second-order valence-corrected chi connectivity index (χ2v) is 4.77. The van der Waals surface area contributed by atoms with Gasteiger partial charge in [0.2, 0.25) is 0 Å². The highest BCUT2D eigenvalue weighted by molar-refractivity contribution is 5.88. The van der Waals surface area contributed by atoms with Crippen molar-refractivity contribution in [1.82, 2.24) is 9.88 Å². The molecule has 9 heteroatoms. The predicted octanol–water partition coefficient (Wildman–Crippen LogP) is 0.747. The number of halogens is 2. The first-order valence-corrected chi connectivity index (χ1v) is 6.20. The Morgan fingerprint density at radius 3 is 2.95 bits per heavy atom. The number of hydrogen-bond donors (Lipinski definition) is 2. The Morgan fingerprint density at radius 2 is 2.29 bits per heavy atom. The summed E-state index contributed by atoms with van der Waals surface area (Å²) in [6.45, 7) is -0.0217. The van der Waals surface area contributed by atoms with Crippen LogP contribution in [0, 0.1) is 0 Å². The molecule has 0 spiro atoms. The van der Waals surface area contributed by atoms with Crippen LogP contribution in [0.5, 0.6) is 0 Å². The third-order valence-electron chi connectivity index (χ3n) is 3.54. The Kier molecular flexibility index (Phi) is 3.20. The van der Waals surface area contributed by atoms with Gasteiger partial charge in [-0.1, -0.05) is 0 Å². The van der Waals surface area contributed by atoms with Crippen molar-refractivity contribution in [3.8, 4) is 0 Å². The van der Waals surface area contributed by atoms with Crippen molar-refractivity contribution < 1.29 is 23.4 Å². The standard InChI is InChI=1S/C12H12F2N4O3/c13-10(14)9-4-21-3-8-5-1-6(11(19)20)16-2-7(5)17-12(15)18(8)9/h1-2,8-10H,3-4H2,(H2,15,17)(H,19,20)/t8-,9-/m1/s1. The number of aliphatic imine (C=N–C) groups is 1. The number of nitrogens with zero attached hydrogens (tertiary/aromatic N) is 3. The minimum absolute atomic E-state index is 0.0361. The molecule has 0 aliphatic carbocycles. The molecule has 3 N–H and O–H groups in total. The van der Waals surface area contributed by atoms with Crippen LogP contribution in [0.4, 0.5) is 14.5 Å². The van der Waals surface area contributed by atoms with Crippen LogP contribution >= 0.6 is 0 Å². The zero-order valence-electron chi connectivity index (χ0n) is 10.7. The van der Waals surface area contributed by atoms with Crippen LogP contribution in [-0.2, 0) is 4.74 Å². The molecule has 1 fully saturated rings. The SMILES string of the molecule is NC1=Nc2cnc(C(=O)O)cc2[C@H]2COC[C@H](C(F)F)N12. The normalized spacial score (nSPS) is 24.3. The molecule has 3 heterocycles. The molecule has 2 aliphatic rings. The van der Waals surface area contributed by atoms with E-state index in [0.29, 0.717) is 11.3 Å². The fraction of sp³-hybridized carbons (Fsp3) is 0.417. The minimum atomic E-state index is -2.65. The van der Waals surface area contributed by atoms with Crippen LogP contribution < -0.4 is 5.73 Å². The minimum Gasteiger partial charge on any atom is -0.477 e. The molecule has 0 radical (unpaired) electrons. The molecular formula is C12H12F2N4O3. The summed E-state index contributed by atoms with van der Waals surface area (Å²) >= 11 is 0. The van der Waals surface area contributed by atoms with Crippen molar-refractivity contribution in [1.29, 1.82) is 0 Å². The van der Waals surface area contributed by atoms with Crippen molar-refractivity contribution in [3.05, 3.63) is 23.5 Å². The number of ether oxygens (including phenoxy) is 1. The fourth-order valence-electron chi connectivity index (χ4n) is 2.58. The summed E-state index contributed by atoms with van der Waals surface area (Å²) < 4.78 is 31.4. The average molecular weight is 298 g/mol. The topological polar surface area (TPSA) is 101 Å². The van der Waals surface area contributed by atoms with Gasteiger partial charge in [-0.05, 0) is 6.07 Å². The Morgan fingerprint density at radius 1 is 1.52 bits per heavy atom. The Hall–Kier alpha value is -2.29. The molecule has 1 saturated heterocycles. The summed E-state index contributed by atoms with van der Waals surface area (Å²) in [7, 11) is 0. The molecule has 0 saturated carbocycles. The molecule has 0 bridgehead atoms. The summed E-state index contributed by atoms with van der Waals surface area (Å²) in [5.41, 5.74) is 6.44. The molecule has 0 unspecified atom stereocenters. The van der Waals surface area contributed by atoms with Gasteiger partial charge in [-0.15, -0.1) is 0 Å². The molecule has 2 aliphatic heterocycles. The number of aromatic carboxylic acids is 1. The van der Waals surface area contributed by atoms with E-state index in [-0.39, 0.29) is 24.9 Å². The molecule has 7 nitrogen and oxygen atoms in total. The van der Waals surface area contributed by atoms with E-state index < -0.39 is 24.5 Å². The van der Waals surface area contributed by atoms with Gasteiger partial charge in [0.25, 0.3) is 6.43 Å². The first-order chi connectivity index (χ1) is 9.99. The fourth-order valence-corrected chi connectivity index (χ4v) is 2.58. The number of guanidine groups is 1. The molecular weight excluding hydrogens is 286 g/mol. The smallest absolute Gasteiger partial charge is 0.354 e. The van der Waals surface area contributed by atoms with Crippen molar-refractivity contribution in [2.75, 3.05) is 13.2 Å². The van der Waals surface area contributed by atoms with E-state index in [2.05, 4.69) is 9.98 Å². The number of carbonyl (C=O) groups is 1. The second-order valence-electron chi connectivity index (χ2n) is 4.77. The highest BCUT2D eigenvalue weighted by atomic mass is 19.3. The van der Waals surface area contributed by atoms with Gasteiger partial charge in [0.05, 0.1) is 31.1 Å². The summed E-state index contributed by atoms with van der Waals surface area (Å²) in [5, 5.41) is 8.99. The second kappa shape index (κ2) is 4.92. The van der Waals surface area contributed by atoms with Crippen molar-refractivity contribution >= 4 is 17.6 Å².